The van der Waals surface area contributed by atoms with Crippen molar-refractivity contribution in [1.82, 2.24) is 9.80 Å². The lowest BCUT2D eigenvalue weighted by Gasteiger charge is -2.36. The van der Waals surface area contributed by atoms with E-state index in [0.29, 0.717) is 43.4 Å². The van der Waals surface area contributed by atoms with E-state index in [1.807, 2.05) is 54.6 Å². The zero-order valence-electron chi connectivity index (χ0n) is 16.8. The normalized spacial score (nSPS) is 15.4. The van der Waals surface area contributed by atoms with Crippen LogP contribution in [0.25, 0.3) is 0 Å². The fourth-order valence-electron chi connectivity index (χ4n) is 3.34. The fourth-order valence-corrected chi connectivity index (χ4v) is 3.34. The molecule has 0 bridgehead atoms. The van der Waals surface area contributed by atoms with Gasteiger partial charge >= 0.3 is 0 Å². The van der Waals surface area contributed by atoms with Crippen LogP contribution < -0.4 is 4.74 Å². The molecular weight excluding hydrogens is 352 g/mol. The van der Waals surface area contributed by atoms with Crippen molar-refractivity contribution in [1.29, 1.82) is 0 Å². The third-order valence-corrected chi connectivity index (χ3v) is 5.11. The van der Waals surface area contributed by atoms with E-state index < -0.39 is 6.10 Å². The number of hydrogen-bond donors (Lipinski definition) is 0. The number of carbonyl (C=O) groups excluding carboxylic acids is 2. The molecule has 1 saturated heterocycles. The maximum atomic E-state index is 12.7. The van der Waals surface area contributed by atoms with Crippen molar-refractivity contribution in [2.24, 2.45) is 0 Å². The van der Waals surface area contributed by atoms with Gasteiger partial charge in [0.1, 0.15) is 5.75 Å². The minimum Gasteiger partial charge on any atom is -0.481 e. The second-order valence-corrected chi connectivity index (χ2v) is 7.47. The van der Waals surface area contributed by atoms with Crippen LogP contribution in [0.2, 0.25) is 0 Å². The Labute approximate surface area is 166 Å². The first-order chi connectivity index (χ1) is 13.5. The number of piperazine rings is 1. The predicted octanol–water partition coefficient (Wildman–Crippen LogP) is 3.56. The number of benzene rings is 2. The molecule has 2 aromatic rings. The van der Waals surface area contributed by atoms with Gasteiger partial charge in [0.25, 0.3) is 11.8 Å². The molecule has 5 heteroatoms. The van der Waals surface area contributed by atoms with E-state index in [4.69, 9.17) is 4.74 Å². The van der Waals surface area contributed by atoms with Gasteiger partial charge in [-0.1, -0.05) is 44.2 Å². The Morgan fingerprint density at radius 3 is 1.96 bits per heavy atom. The minimum absolute atomic E-state index is 0.0160. The summed E-state index contributed by atoms with van der Waals surface area (Å²) in [4.78, 5) is 28.8. The summed E-state index contributed by atoms with van der Waals surface area (Å²) in [6.45, 7) is 8.19. The van der Waals surface area contributed by atoms with E-state index in [2.05, 4.69) is 13.8 Å². The third-order valence-electron chi connectivity index (χ3n) is 5.11. The van der Waals surface area contributed by atoms with Crippen LogP contribution in [0.4, 0.5) is 0 Å². The molecule has 0 saturated carbocycles. The largest absolute Gasteiger partial charge is 0.481 e. The van der Waals surface area contributed by atoms with Crippen LogP contribution in [-0.4, -0.2) is 53.9 Å². The van der Waals surface area contributed by atoms with Crippen LogP contribution in [0.1, 0.15) is 42.6 Å². The molecule has 2 amide bonds. The van der Waals surface area contributed by atoms with Crippen molar-refractivity contribution in [2.45, 2.75) is 32.8 Å². The molecular formula is C23H28N2O3. The van der Waals surface area contributed by atoms with E-state index in [0.717, 1.165) is 0 Å². The van der Waals surface area contributed by atoms with Crippen LogP contribution in [0.15, 0.2) is 54.6 Å². The molecule has 2 aromatic carbocycles. The third kappa shape index (κ3) is 4.71. The lowest BCUT2D eigenvalue weighted by Crippen LogP contribution is -2.53. The Balaban J connectivity index is 1.52. The lowest BCUT2D eigenvalue weighted by molar-refractivity contribution is -0.139. The van der Waals surface area contributed by atoms with Gasteiger partial charge in [-0.05, 0) is 42.7 Å². The number of amides is 2. The predicted molar refractivity (Wildman–Crippen MR) is 110 cm³/mol. The van der Waals surface area contributed by atoms with E-state index in [1.54, 1.807) is 16.7 Å². The first-order valence-corrected chi connectivity index (χ1v) is 9.85. The van der Waals surface area contributed by atoms with Crippen LogP contribution in [-0.2, 0) is 4.79 Å². The molecule has 0 N–H and O–H groups in total. The van der Waals surface area contributed by atoms with Gasteiger partial charge in [-0.25, -0.2) is 0 Å². The van der Waals surface area contributed by atoms with E-state index in [-0.39, 0.29) is 11.8 Å². The Morgan fingerprint density at radius 1 is 0.821 bits per heavy atom. The monoisotopic (exact) mass is 380 g/mol. The average Bonchev–Trinajstić information content (AvgIpc) is 2.73. The molecule has 148 valence electrons. The zero-order chi connectivity index (χ0) is 20.1. The van der Waals surface area contributed by atoms with Crippen LogP contribution >= 0.6 is 0 Å². The van der Waals surface area contributed by atoms with Gasteiger partial charge in [0, 0.05) is 31.7 Å². The topological polar surface area (TPSA) is 49.9 Å². The van der Waals surface area contributed by atoms with Gasteiger partial charge in [-0.15, -0.1) is 0 Å². The molecule has 5 nitrogen and oxygen atoms in total. The van der Waals surface area contributed by atoms with Crippen LogP contribution in [0, 0.1) is 0 Å². The van der Waals surface area contributed by atoms with Crippen molar-refractivity contribution < 1.29 is 14.3 Å². The van der Waals surface area contributed by atoms with Crippen LogP contribution in [0.3, 0.4) is 0 Å². The quantitative estimate of drug-likeness (QED) is 0.797. The standard InChI is InChI=1S/C23H28N2O3/c1-17(2)19-9-11-21(12-10-19)28-18(3)22(26)24-13-15-25(16-14-24)23(27)20-7-5-4-6-8-20/h4-12,17-18H,13-16H2,1-3H3. The number of rotatable bonds is 5. The van der Waals surface area contributed by atoms with Gasteiger partial charge in [0.2, 0.25) is 0 Å². The zero-order valence-corrected chi connectivity index (χ0v) is 16.8. The van der Waals surface area contributed by atoms with Crippen molar-refractivity contribution >= 4 is 11.8 Å². The number of nitrogens with zero attached hydrogens (tertiary/aromatic N) is 2. The highest BCUT2D eigenvalue weighted by atomic mass is 16.5. The molecule has 0 radical (unpaired) electrons. The fraction of sp³-hybridized carbons (Fsp3) is 0.391. The second kappa shape index (κ2) is 8.91. The summed E-state index contributed by atoms with van der Waals surface area (Å²) in [6.07, 6.45) is -0.554. The van der Waals surface area contributed by atoms with E-state index >= 15 is 0 Å². The minimum atomic E-state index is -0.554. The smallest absolute Gasteiger partial charge is 0.263 e. The molecule has 1 fully saturated rings. The Morgan fingerprint density at radius 2 is 1.39 bits per heavy atom. The number of carbonyl (C=O) groups is 2. The number of hydrogen-bond acceptors (Lipinski definition) is 3. The molecule has 3 rings (SSSR count). The highest BCUT2D eigenvalue weighted by Gasteiger charge is 2.28. The SMILES string of the molecule is CC(Oc1ccc(C(C)C)cc1)C(=O)N1CCN(C(=O)c2ccccc2)CC1. The summed E-state index contributed by atoms with van der Waals surface area (Å²) in [5, 5.41) is 0. The first-order valence-electron chi connectivity index (χ1n) is 9.85. The van der Waals surface area contributed by atoms with Gasteiger partial charge in [-0.3, -0.25) is 9.59 Å². The maximum absolute atomic E-state index is 12.7. The van der Waals surface area contributed by atoms with Gasteiger partial charge < -0.3 is 14.5 Å². The average molecular weight is 380 g/mol. The Bertz CT molecular complexity index is 794. The van der Waals surface area contributed by atoms with Gasteiger partial charge in [0.15, 0.2) is 6.10 Å². The summed E-state index contributed by atoms with van der Waals surface area (Å²) in [5.74, 6) is 1.13. The molecule has 0 spiro atoms. The summed E-state index contributed by atoms with van der Waals surface area (Å²) in [5.41, 5.74) is 1.93. The second-order valence-electron chi connectivity index (χ2n) is 7.47. The van der Waals surface area contributed by atoms with Gasteiger partial charge in [-0.2, -0.15) is 0 Å². The Kier molecular flexibility index (Phi) is 6.34. The highest BCUT2D eigenvalue weighted by molar-refractivity contribution is 5.94. The Hall–Kier alpha value is -2.82. The highest BCUT2D eigenvalue weighted by Crippen LogP contribution is 2.20. The molecule has 28 heavy (non-hydrogen) atoms. The van der Waals surface area contributed by atoms with E-state index in [9.17, 15) is 9.59 Å². The molecule has 1 atom stereocenters. The summed E-state index contributed by atoms with van der Waals surface area (Å²) < 4.78 is 5.84. The molecule has 1 aliphatic rings. The maximum Gasteiger partial charge on any atom is 0.263 e. The summed E-state index contributed by atoms with van der Waals surface area (Å²) >= 11 is 0. The molecule has 0 aromatic heterocycles. The lowest BCUT2D eigenvalue weighted by atomic mass is 10.0. The van der Waals surface area contributed by atoms with Crippen molar-refractivity contribution in [2.75, 3.05) is 26.2 Å². The van der Waals surface area contributed by atoms with Crippen molar-refractivity contribution in [3.05, 3.63) is 65.7 Å². The molecule has 0 aliphatic carbocycles. The molecule has 1 heterocycles. The summed E-state index contributed by atoms with van der Waals surface area (Å²) in [7, 11) is 0. The van der Waals surface area contributed by atoms with Crippen molar-refractivity contribution in [3.8, 4) is 5.75 Å². The summed E-state index contributed by atoms with van der Waals surface area (Å²) in [6, 6.07) is 17.1. The molecule has 1 aliphatic heterocycles. The molecule has 1 unspecified atom stereocenters. The first kappa shape index (κ1) is 19.9. The van der Waals surface area contributed by atoms with Crippen molar-refractivity contribution in [3.63, 3.8) is 0 Å². The van der Waals surface area contributed by atoms with E-state index in [1.165, 1.54) is 5.56 Å². The van der Waals surface area contributed by atoms with Gasteiger partial charge in [0.05, 0.1) is 0 Å². The van der Waals surface area contributed by atoms with Crippen LogP contribution in [0.5, 0.6) is 5.75 Å². The number of ether oxygens (including phenoxy) is 1.